The lowest BCUT2D eigenvalue weighted by atomic mass is 10.0. The van der Waals surface area contributed by atoms with Gasteiger partial charge in [0.15, 0.2) is 11.6 Å². The summed E-state index contributed by atoms with van der Waals surface area (Å²) >= 11 is 6.31. The molecular weight excluding hydrogens is 454 g/mol. The van der Waals surface area contributed by atoms with Gasteiger partial charge in [-0.3, -0.25) is 10.1 Å². The third-order valence-corrected chi connectivity index (χ3v) is 5.72. The molecule has 0 amide bonds. The first-order valence-electron chi connectivity index (χ1n) is 11.3. The summed E-state index contributed by atoms with van der Waals surface area (Å²) in [5, 5.41) is 23.9. The molecule has 0 spiro atoms. The number of aliphatic hydroxyl groups excluding tert-OH is 2. The van der Waals surface area contributed by atoms with E-state index in [2.05, 4.69) is 10.3 Å². The van der Waals surface area contributed by atoms with Crippen LogP contribution >= 0.6 is 11.6 Å². The van der Waals surface area contributed by atoms with E-state index in [0.29, 0.717) is 35.0 Å². The van der Waals surface area contributed by atoms with Crippen molar-refractivity contribution in [2.45, 2.75) is 52.0 Å². The summed E-state index contributed by atoms with van der Waals surface area (Å²) in [6, 6.07) is 12.9. The van der Waals surface area contributed by atoms with Gasteiger partial charge < -0.3 is 19.5 Å². The molecule has 182 valence electrons. The molecule has 0 fully saturated rings. The predicted molar refractivity (Wildman–Crippen MR) is 133 cm³/mol. The Labute approximate surface area is 205 Å². The Morgan fingerprint density at radius 3 is 2.47 bits per heavy atom. The molecule has 0 unspecified atom stereocenters. The number of carbonyl (C=O) groups is 1. The molecule has 2 atom stereocenters. The first-order chi connectivity index (χ1) is 16.2. The van der Waals surface area contributed by atoms with Gasteiger partial charge in [0.05, 0.1) is 16.8 Å². The summed E-state index contributed by atoms with van der Waals surface area (Å²) in [4.78, 5) is 16.1. The molecule has 7 nitrogen and oxygen atoms in total. The number of aryl methyl sites for hydroxylation is 1. The molecule has 3 rings (SSSR count). The van der Waals surface area contributed by atoms with Gasteiger partial charge >= 0.3 is 0 Å². The number of hydrogen-bond donors (Lipinski definition) is 3. The fourth-order valence-electron chi connectivity index (χ4n) is 3.78. The van der Waals surface area contributed by atoms with Crippen LogP contribution in [0.15, 0.2) is 48.7 Å². The number of benzene rings is 2. The van der Waals surface area contributed by atoms with Crippen LogP contribution in [0.2, 0.25) is 5.02 Å². The highest BCUT2D eigenvalue weighted by atomic mass is 35.5. The maximum atomic E-state index is 11.7. The SMILES string of the molecule is CC(=O)c1nc(-c2ccc(C[C@@H](CCO)N[C@@H](O)c3ccc(OC(C)C)c(Cl)c3)cc2)cn1C. The van der Waals surface area contributed by atoms with Gasteiger partial charge in [-0.05, 0) is 49.9 Å². The maximum Gasteiger partial charge on any atom is 0.195 e. The van der Waals surface area contributed by atoms with Crippen molar-refractivity contribution in [1.29, 1.82) is 0 Å². The Balaban J connectivity index is 1.68. The standard InChI is InChI=1S/C26H32ClN3O4/c1-16(2)34-24-10-9-20(14-22(24)27)26(33)28-21(11-12-31)13-18-5-7-19(8-6-18)23-15-30(4)25(29-23)17(3)32/h5-10,14-16,21,26,28,31,33H,11-13H2,1-4H3/t21-,26+/m1/s1. The monoisotopic (exact) mass is 485 g/mol. The number of hydrogen-bond acceptors (Lipinski definition) is 6. The molecule has 3 aromatic rings. The number of imidazole rings is 1. The number of rotatable bonds is 11. The molecule has 0 saturated heterocycles. The quantitative estimate of drug-likeness (QED) is 0.277. The van der Waals surface area contributed by atoms with Gasteiger partial charge in [0.25, 0.3) is 0 Å². The molecule has 34 heavy (non-hydrogen) atoms. The second kappa shape index (κ2) is 11.6. The van der Waals surface area contributed by atoms with E-state index in [9.17, 15) is 15.0 Å². The Morgan fingerprint density at radius 1 is 1.21 bits per heavy atom. The smallest absolute Gasteiger partial charge is 0.195 e. The average molecular weight is 486 g/mol. The van der Waals surface area contributed by atoms with Gasteiger partial charge in [0.1, 0.15) is 12.0 Å². The zero-order valence-corrected chi connectivity index (χ0v) is 20.7. The third kappa shape index (κ3) is 6.67. The van der Waals surface area contributed by atoms with Crippen LogP contribution < -0.4 is 10.1 Å². The van der Waals surface area contributed by atoms with Crippen LogP contribution in [0.1, 0.15) is 55.2 Å². The lowest BCUT2D eigenvalue weighted by Crippen LogP contribution is -2.35. The fourth-order valence-corrected chi connectivity index (χ4v) is 4.02. The van der Waals surface area contributed by atoms with E-state index < -0.39 is 6.23 Å². The van der Waals surface area contributed by atoms with Crippen LogP contribution in [0.4, 0.5) is 0 Å². The van der Waals surface area contributed by atoms with Gasteiger partial charge in [0, 0.05) is 38.4 Å². The van der Waals surface area contributed by atoms with Gasteiger partial charge in [-0.1, -0.05) is 41.9 Å². The number of halogens is 1. The first kappa shape index (κ1) is 25.9. The Bertz CT molecular complexity index is 1110. The lowest BCUT2D eigenvalue weighted by molar-refractivity contribution is 0.100. The van der Waals surface area contributed by atoms with Crippen LogP contribution in [0.3, 0.4) is 0 Å². The van der Waals surface area contributed by atoms with Gasteiger partial charge in [-0.15, -0.1) is 0 Å². The molecule has 1 heterocycles. The van der Waals surface area contributed by atoms with Crippen LogP contribution in [0, 0.1) is 0 Å². The van der Waals surface area contributed by atoms with Crippen molar-refractivity contribution >= 4 is 17.4 Å². The minimum absolute atomic E-state index is 0.000538. The van der Waals surface area contributed by atoms with E-state index >= 15 is 0 Å². The molecule has 0 radical (unpaired) electrons. The number of nitrogens with one attached hydrogen (secondary N) is 1. The molecule has 1 aromatic heterocycles. The molecule has 0 saturated carbocycles. The van der Waals surface area contributed by atoms with E-state index in [-0.39, 0.29) is 24.5 Å². The number of aromatic nitrogens is 2. The van der Waals surface area contributed by atoms with Crippen molar-refractivity contribution in [2.24, 2.45) is 7.05 Å². The van der Waals surface area contributed by atoms with Crippen LogP contribution in [-0.4, -0.2) is 44.3 Å². The number of ether oxygens (including phenoxy) is 1. The number of carbonyl (C=O) groups excluding carboxylic acids is 1. The Hall–Kier alpha value is -2.71. The largest absolute Gasteiger partial charge is 0.489 e. The van der Waals surface area contributed by atoms with Crippen molar-refractivity contribution in [2.75, 3.05) is 6.61 Å². The van der Waals surface area contributed by atoms with Crippen LogP contribution in [-0.2, 0) is 13.5 Å². The van der Waals surface area contributed by atoms with Crippen molar-refractivity contribution < 1.29 is 19.7 Å². The summed E-state index contributed by atoms with van der Waals surface area (Å²) in [6.07, 6.45) is 1.98. The van der Waals surface area contributed by atoms with Crippen molar-refractivity contribution in [1.82, 2.24) is 14.9 Å². The van der Waals surface area contributed by atoms with E-state index in [1.54, 1.807) is 29.8 Å². The van der Waals surface area contributed by atoms with E-state index in [1.807, 2.05) is 44.3 Å². The molecule has 8 heteroatoms. The molecule has 0 aliphatic rings. The lowest BCUT2D eigenvalue weighted by Gasteiger charge is -2.23. The zero-order chi connectivity index (χ0) is 24.8. The van der Waals surface area contributed by atoms with Gasteiger partial charge in [0.2, 0.25) is 0 Å². The van der Waals surface area contributed by atoms with Crippen LogP contribution in [0.25, 0.3) is 11.3 Å². The Kier molecular flexibility index (Phi) is 8.85. The molecule has 0 aliphatic heterocycles. The van der Waals surface area contributed by atoms with Crippen molar-refractivity contribution in [3.8, 4) is 17.0 Å². The number of nitrogens with zero attached hydrogens (tertiary/aromatic N) is 2. The molecular formula is C26H32ClN3O4. The first-order valence-corrected chi connectivity index (χ1v) is 11.7. The second-order valence-electron chi connectivity index (χ2n) is 8.65. The minimum atomic E-state index is -0.944. The average Bonchev–Trinajstić information content (AvgIpc) is 3.17. The van der Waals surface area contributed by atoms with Gasteiger partial charge in [-0.2, -0.15) is 0 Å². The summed E-state index contributed by atoms with van der Waals surface area (Å²) in [7, 11) is 1.80. The highest BCUT2D eigenvalue weighted by Crippen LogP contribution is 2.28. The normalized spacial score (nSPS) is 13.2. The van der Waals surface area contributed by atoms with E-state index in [4.69, 9.17) is 16.3 Å². The second-order valence-corrected chi connectivity index (χ2v) is 9.06. The molecule has 0 bridgehead atoms. The zero-order valence-electron chi connectivity index (χ0n) is 20.0. The summed E-state index contributed by atoms with van der Waals surface area (Å²) in [6.45, 7) is 5.34. The molecule has 2 aromatic carbocycles. The van der Waals surface area contributed by atoms with E-state index in [1.165, 1.54) is 6.92 Å². The highest BCUT2D eigenvalue weighted by molar-refractivity contribution is 6.32. The number of aliphatic hydroxyl groups is 2. The fraction of sp³-hybridized carbons (Fsp3) is 0.385. The van der Waals surface area contributed by atoms with Crippen molar-refractivity contribution in [3.05, 3.63) is 70.6 Å². The molecule has 0 aliphatic carbocycles. The molecule has 3 N–H and O–H groups in total. The van der Waals surface area contributed by atoms with E-state index in [0.717, 1.165) is 16.8 Å². The topological polar surface area (TPSA) is 96.6 Å². The Morgan fingerprint density at radius 2 is 1.91 bits per heavy atom. The highest BCUT2D eigenvalue weighted by Gasteiger charge is 2.17. The number of ketones is 1. The summed E-state index contributed by atoms with van der Waals surface area (Å²) < 4.78 is 7.37. The number of Topliss-reactive ketones (excluding diaryl/α,β-unsaturated/α-hetero) is 1. The minimum Gasteiger partial charge on any atom is -0.489 e. The van der Waals surface area contributed by atoms with Crippen molar-refractivity contribution in [3.63, 3.8) is 0 Å². The summed E-state index contributed by atoms with van der Waals surface area (Å²) in [5.41, 5.74) is 3.32. The van der Waals surface area contributed by atoms with Gasteiger partial charge in [-0.25, -0.2) is 4.98 Å². The summed E-state index contributed by atoms with van der Waals surface area (Å²) in [5.74, 6) is 0.914. The maximum absolute atomic E-state index is 11.7. The third-order valence-electron chi connectivity index (χ3n) is 5.43. The predicted octanol–water partition coefficient (Wildman–Crippen LogP) is 4.30. The van der Waals surface area contributed by atoms with Crippen LogP contribution in [0.5, 0.6) is 5.75 Å².